The lowest BCUT2D eigenvalue weighted by Gasteiger charge is -2.43. The number of rotatable bonds is 7. The second-order valence-corrected chi connectivity index (χ2v) is 8.16. The molecule has 1 aliphatic carbocycles. The topological polar surface area (TPSA) is 166 Å². The van der Waals surface area contributed by atoms with Crippen LogP contribution in [0.4, 0.5) is 0 Å². The third kappa shape index (κ3) is 3.23. The number of benzene rings is 1. The Bertz CT molecular complexity index is 794. The third-order valence-electron chi connectivity index (χ3n) is 5.84. The molecule has 4 rings (SSSR count). The Hall–Kier alpha value is -1.89. The monoisotopic (exact) mass is 395 g/mol. The molecule has 11 heteroatoms. The summed E-state index contributed by atoms with van der Waals surface area (Å²) in [6.07, 6.45) is 0.251. The summed E-state index contributed by atoms with van der Waals surface area (Å²) in [4.78, 5) is 13.7. The standard InChI is InChI=1S/C17H24BN2O8/c19-17(7-21,8-22)6-20-4-9(5-20)27-13-2-1-10-11-3-12(11)18(25,26)28-15(10)14(13)16(23)24/h1-2,9,11-12,21-22,25-26H,3-8,19H2,(H,23,24)/q-1. The molecule has 154 valence electrons. The molecule has 1 aromatic rings. The fraction of sp³-hybridized carbons (Fsp3) is 0.588. The van der Waals surface area contributed by atoms with Gasteiger partial charge in [0.1, 0.15) is 17.4 Å². The number of aliphatic hydroxyl groups excluding tert-OH is 2. The highest BCUT2D eigenvalue weighted by molar-refractivity contribution is 6.62. The molecule has 10 nitrogen and oxygen atoms in total. The van der Waals surface area contributed by atoms with Gasteiger partial charge in [-0.15, -0.1) is 0 Å². The number of aromatic carboxylic acids is 1. The van der Waals surface area contributed by atoms with Crippen molar-refractivity contribution in [3.05, 3.63) is 23.3 Å². The fourth-order valence-corrected chi connectivity index (χ4v) is 4.11. The van der Waals surface area contributed by atoms with Gasteiger partial charge in [0.15, 0.2) is 0 Å². The summed E-state index contributed by atoms with van der Waals surface area (Å²) in [5, 5.41) is 48.3. The van der Waals surface area contributed by atoms with E-state index < -0.39 is 24.1 Å². The van der Waals surface area contributed by atoms with E-state index in [-0.39, 0.29) is 48.8 Å². The number of likely N-dealkylation sites (tertiary alicyclic amines) is 1. The highest BCUT2D eigenvalue weighted by Gasteiger charge is 2.55. The van der Waals surface area contributed by atoms with E-state index in [1.165, 1.54) is 0 Å². The van der Waals surface area contributed by atoms with Crippen molar-refractivity contribution in [1.82, 2.24) is 4.90 Å². The average Bonchev–Trinajstić information content (AvgIpc) is 3.40. The Labute approximate surface area is 161 Å². The van der Waals surface area contributed by atoms with Crippen LogP contribution in [-0.4, -0.2) is 87.5 Å². The van der Waals surface area contributed by atoms with Crippen LogP contribution < -0.4 is 15.1 Å². The molecule has 7 N–H and O–H groups in total. The van der Waals surface area contributed by atoms with Gasteiger partial charge in [-0.1, -0.05) is 18.3 Å². The molecule has 0 aromatic heterocycles. The van der Waals surface area contributed by atoms with E-state index in [4.69, 9.17) is 15.1 Å². The molecule has 2 fully saturated rings. The van der Waals surface area contributed by atoms with Crippen molar-refractivity contribution in [2.24, 2.45) is 5.73 Å². The summed E-state index contributed by atoms with van der Waals surface area (Å²) in [5.41, 5.74) is 5.20. The van der Waals surface area contributed by atoms with E-state index in [9.17, 15) is 30.2 Å². The Kier molecular flexibility index (Phi) is 4.57. The first kappa shape index (κ1) is 19.4. The van der Waals surface area contributed by atoms with Crippen molar-refractivity contribution in [2.75, 3.05) is 32.8 Å². The quantitative estimate of drug-likeness (QED) is 0.293. The van der Waals surface area contributed by atoms with Gasteiger partial charge in [0.05, 0.1) is 24.5 Å². The number of hydrogen-bond donors (Lipinski definition) is 6. The molecule has 28 heavy (non-hydrogen) atoms. The molecule has 2 heterocycles. The van der Waals surface area contributed by atoms with Gasteiger partial charge in [-0.3, -0.25) is 4.90 Å². The molecule has 1 saturated heterocycles. The van der Waals surface area contributed by atoms with E-state index in [2.05, 4.69) is 0 Å². The number of carboxylic acids is 1. The zero-order valence-corrected chi connectivity index (χ0v) is 15.2. The van der Waals surface area contributed by atoms with Crippen LogP contribution in [0.15, 0.2) is 12.1 Å². The highest BCUT2D eigenvalue weighted by Crippen LogP contribution is 2.63. The van der Waals surface area contributed by atoms with Crippen molar-refractivity contribution in [1.29, 1.82) is 0 Å². The minimum atomic E-state index is -3.08. The fourth-order valence-electron chi connectivity index (χ4n) is 4.11. The van der Waals surface area contributed by atoms with Crippen LogP contribution in [0.5, 0.6) is 11.5 Å². The first-order chi connectivity index (χ1) is 13.2. The molecule has 3 aliphatic rings. The zero-order valence-electron chi connectivity index (χ0n) is 15.2. The van der Waals surface area contributed by atoms with Crippen LogP contribution in [-0.2, 0) is 0 Å². The van der Waals surface area contributed by atoms with Crippen LogP contribution in [0.2, 0.25) is 5.82 Å². The molecule has 2 aliphatic heterocycles. The smallest absolute Gasteiger partial charge is 0.434 e. The number of nitrogens with zero attached hydrogens (tertiary/aromatic N) is 1. The molecule has 0 bridgehead atoms. The average molecular weight is 395 g/mol. The summed E-state index contributed by atoms with van der Waals surface area (Å²) in [7, 11) is 0. The summed E-state index contributed by atoms with van der Waals surface area (Å²) < 4.78 is 11.1. The molecular weight excluding hydrogens is 371 g/mol. The second-order valence-electron chi connectivity index (χ2n) is 8.16. The van der Waals surface area contributed by atoms with E-state index >= 15 is 0 Å². The van der Waals surface area contributed by atoms with Gasteiger partial charge in [-0.2, -0.15) is 0 Å². The van der Waals surface area contributed by atoms with Gasteiger partial charge < -0.3 is 40.5 Å². The molecule has 0 spiro atoms. The Morgan fingerprint density at radius 1 is 1.32 bits per heavy atom. The minimum Gasteiger partial charge on any atom is -0.669 e. The Morgan fingerprint density at radius 3 is 2.61 bits per heavy atom. The Morgan fingerprint density at radius 2 is 2.00 bits per heavy atom. The van der Waals surface area contributed by atoms with E-state index in [1.807, 2.05) is 4.90 Å². The number of aliphatic hydroxyl groups is 2. The van der Waals surface area contributed by atoms with Gasteiger partial charge in [-0.05, 0) is 17.5 Å². The maximum Gasteiger partial charge on any atom is 0.434 e. The summed E-state index contributed by atoms with van der Waals surface area (Å²) >= 11 is 0. The van der Waals surface area contributed by atoms with Gasteiger partial charge in [0.25, 0.3) is 0 Å². The molecule has 2 atom stereocenters. The van der Waals surface area contributed by atoms with Crippen LogP contribution >= 0.6 is 0 Å². The van der Waals surface area contributed by atoms with Gasteiger partial charge in [-0.25, -0.2) is 4.79 Å². The lowest BCUT2D eigenvalue weighted by atomic mass is 9.68. The Balaban J connectivity index is 1.49. The molecule has 0 radical (unpaired) electrons. The number of fused-ring (bicyclic) bond motifs is 3. The zero-order chi connectivity index (χ0) is 20.3. The molecule has 0 amide bonds. The number of carboxylic acid groups (broad SMARTS) is 1. The first-order valence-corrected chi connectivity index (χ1v) is 9.25. The number of hydrogen-bond acceptors (Lipinski definition) is 9. The van der Waals surface area contributed by atoms with Crippen molar-refractivity contribution in [3.63, 3.8) is 0 Å². The lowest BCUT2D eigenvalue weighted by Crippen LogP contribution is -2.63. The number of carbonyl (C=O) groups is 1. The maximum absolute atomic E-state index is 11.8. The van der Waals surface area contributed by atoms with Crippen molar-refractivity contribution in [2.45, 2.75) is 29.8 Å². The van der Waals surface area contributed by atoms with Crippen LogP contribution in [0.3, 0.4) is 0 Å². The molecule has 2 unspecified atom stereocenters. The molecular formula is C17H24BN2O8-. The number of ether oxygens (including phenoxy) is 1. The SMILES string of the molecule is NC(CO)(CO)CN1CC(Oc2ccc3c(c2C(=O)O)O[B-](O)(O)C2CC32)C1. The lowest BCUT2D eigenvalue weighted by molar-refractivity contribution is -0.0121. The number of nitrogens with two attached hydrogens (primary N) is 1. The molecule has 1 saturated carbocycles. The maximum atomic E-state index is 11.8. The summed E-state index contributed by atoms with van der Waals surface area (Å²) in [5.74, 6) is -1.71. The largest absolute Gasteiger partial charge is 0.669 e. The van der Waals surface area contributed by atoms with Crippen molar-refractivity contribution < 1.29 is 39.6 Å². The van der Waals surface area contributed by atoms with E-state index in [0.717, 1.165) is 0 Å². The van der Waals surface area contributed by atoms with E-state index in [0.29, 0.717) is 25.1 Å². The molecule has 1 aromatic carbocycles. The highest BCUT2D eigenvalue weighted by atomic mass is 16.6. The van der Waals surface area contributed by atoms with Crippen LogP contribution in [0.1, 0.15) is 28.3 Å². The van der Waals surface area contributed by atoms with Crippen molar-refractivity contribution in [3.8, 4) is 11.5 Å². The first-order valence-electron chi connectivity index (χ1n) is 9.25. The van der Waals surface area contributed by atoms with Crippen LogP contribution in [0.25, 0.3) is 0 Å². The van der Waals surface area contributed by atoms with Crippen LogP contribution in [0, 0.1) is 0 Å². The van der Waals surface area contributed by atoms with Gasteiger partial charge in [0, 0.05) is 19.6 Å². The summed E-state index contributed by atoms with van der Waals surface area (Å²) in [6, 6.07) is 3.29. The van der Waals surface area contributed by atoms with E-state index in [1.54, 1.807) is 12.1 Å². The predicted molar refractivity (Wildman–Crippen MR) is 97.3 cm³/mol. The minimum absolute atomic E-state index is 0.0357. The van der Waals surface area contributed by atoms with Gasteiger partial charge in [0.2, 0.25) is 0 Å². The summed E-state index contributed by atoms with van der Waals surface area (Å²) in [6.45, 7) is -2.61. The van der Waals surface area contributed by atoms with Gasteiger partial charge >= 0.3 is 12.7 Å². The predicted octanol–water partition coefficient (Wildman–Crippen LogP) is -1.70. The normalized spacial score (nSPS) is 25.9. The van der Waals surface area contributed by atoms with Crippen molar-refractivity contribution >= 4 is 12.7 Å². The third-order valence-corrected chi connectivity index (χ3v) is 5.84. The second kappa shape index (κ2) is 6.58.